The molecule has 1 aliphatic carbocycles. The number of likely N-dealkylation sites (N-methyl/N-ethyl adjacent to an activating group) is 1. The quantitative estimate of drug-likeness (QED) is 0.800. The normalized spacial score (nSPS) is 30.6. The molecule has 23 heavy (non-hydrogen) atoms. The Balaban J connectivity index is 1.92. The number of ether oxygens (including phenoxy) is 1. The predicted octanol–water partition coefficient (Wildman–Crippen LogP) is 3.53. The van der Waals surface area contributed by atoms with E-state index < -0.39 is 0 Å². The highest BCUT2D eigenvalue weighted by Crippen LogP contribution is 2.50. The number of alkyl halides is 1. The van der Waals surface area contributed by atoms with Crippen molar-refractivity contribution in [1.82, 2.24) is 9.47 Å². The Morgan fingerprint density at radius 3 is 2.91 bits per heavy atom. The van der Waals surface area contributed by atoms with E-state index in [1.165, 1.54) is 22.0 Å². The van der Waals surface area contributed by atoms with E-state index in [2.05, 4.69) is 48.0 Å². The van der Waals surface area contributed by atoms with Gasteiger partial charge in [-0.1, -0.05) is 12.1 Å². The van der Waals surface area contributed by atoms with Crippen LogP contribution in [-0.4, -0.2) is 42.1 Å². The summed E-state index contributed by atoms with van der Waals surface area (Å²) >= 11 is 6.05. The molecule has 1 aromatic heterocycles. The van der Waals surface area contributed by atoms with E-state index in [0.29, 0.717) is 12.0 Å². The molecule has 0 saturated carbocycles. The number of likely N-dealkylation sites (tertiary alicyclic amines) is 1. The van der Waals surface area contributed by atoms with E-state index in [9.17, 15) is 0 Å². The fourth-order valence-electron chi connectivity index (χ4n) is 5.06. The number of benzene rings is 1. The van der Waals surface area contributed by atoms with Crippen LogP contribution in [0.25, 0.3) is 10.9 Å². The number of fused-ring (bicyclic) bond motifs is 2. The lowest BCUT2D eigenvalue weighted by Crippen LogP contribution is -2.59. The number of rotatable bonds is 3. The summed E-state index contributed by atoms with van der Waals surface area (Å²) in [6.45, 7) is 1.11. The summed E-state index contributed by atoms with van der Waals surface area (Å²) in [6.07, 6.45) is 5.48. The van der Waals surface area contributed by atoms with Gasteiger partial charge < -0.3 is 9.30 Å². The lowest BCUT2D eigenvalue weighted by atomic mass is 9.68. The minimum absolute atomic E-state index is 0.211. The van der Waals surface area contributed by atoms with E-state index in [1.807, 2.05) is 7.11 Å². The Morgan fingerprint density at radius 1 is 1.35 bits per heavy atom. The number of piperidine rings is 1. The van der Waals surface area contributed by atoms with Crippen LogP contribution in [0.2, 0.25) is 0 Å². The number of methoxy groups -OCH3 is 1. The molecule has 0 bridgehead atoms. The monoisotopic (exact) mass is 332 g/mol. The van der Waals surface area contributed by atoms with Crippen molar-refractivity contribution in [3.05, 3.63) is 35.5 Å². The molecule has 0 spiro atoms. The van der Waals surface area contributed by atoms with Gasteiger partial charge in [0, 0.05) is 49.7 Å². The summed E-state index contributed by atoms with van der Waals surface area (Å²) < 4.78 is 8.55. The van der Waals surface area contributed by atoms with E-state index >= 15 is 0 Å². The summed E-state index contributed by atoms with van der Waals surface area (Å²) in [5.41, 5.74) is 3.93. The fraction of sp³-hybridized carbons (Fsp3) is 0.579. The van der Waals surface area contributed by atoms with Crippen LogP contribution in [0.4, 0.5) is 0 Å². The van der Waals surface area contributed by atoms with Gasteiger partial charge in [-0.05, 0) is 49.4 Å². The molecule has 0 amide bonds. The van der Waals surface area contributed by atoms with Crippen LogP contribution < -0.4 is 0 Å². The molecule has 1 fully saturated rings. The van der Waals surface area contributed by atoms with E-state index in [-0.39, 0.29) is 5.60 Å². The van der Waals surface area contributed by atoms with Crippen LogP contribution in [0.1, 0.15) is 24.0 Å². The van der Waals surface area contributed by atoms with Crippen LogP contribution in [0.3, 0.4) is 0 Å². The molecule has 124 valence electrons. The van der Waals surface area contributed by atoms with Crippen molar-refractivity contribution in [2.24, 2.45) is 13.0 Å². The minimum atomic E-state index is -0.211. The zero-order valence-corrected chi connectivity index (χ0v) is 14.9. The first-order valence-corrected chi connectivity index (χ1v) is 9.03. The number of aromatic nitrogens is 1. The van der Waals surface area contributed by atoms with Gasteiger partial charge in [-0.15, -0.1) is 11.6 Å². The largest absolute Gasteiger partial charge is 0.372 e. The first-order chi connectivity index (χ1) is 11.1. The van der Waals surface area contributed by atoms with Crippen molar-refractivity contribution < 1.29 is 4.74 Å². The summed E-state index contributed by atoms with van der Waals surface area (Å²) in [5.74, 6) is 1.32. The molecule has 3 nitrogen and oxygen atoms in total. The SMILES string of the molecule is CO[C@]12CC(CCCl)CN(C)[C@@H]1Cc1cn(C)c3cccc2c13. The molecule has 1 aromatic carbocycles. The highest BCUT2D eigenvalue weighted by Gasteiger charge is 2.51. The summed E-state index contributed by atoms with van der Waals surface area (Å²) in [5, 5.41) is 1.41. The zero-order valence-electron chi connectivity index (χ0n) is 14.2. The molecule has 2 heterocycles. The van der Waals surface area contributed by atoms with Crippen molar-refractivity contribution >= 4 is 22.5 Å². The van der Waals surface area contributed by atoms with Crippen LogP contribution in [0, 0.1) is 5.92 Å². The van der Waals surface area contributed by atoms with Crippen LogP contribution in [0.15, 0.2) is 24.4 Å². The van der Waals surface area contributed by atoms with Gasteiger partial charge in [-0.25, -0.2) is 0 Å². The summed E-state index contributed by atoms with van der Waals surface area (Å²) in [7, 11) is 6.27. The van der Waals surface area contributed by atoms with E-state index in [4.69, 9.17) is 16.3 Å². The van der Waals surface area contributed by atoms with E-state index in [1.54, 1.807) is 0 Å². The maximum atomic E-state index is 6.29. The fourth-order valence-corrected chi connectivity index (χ4v) is 5.37. The van der Waals surface area contributed by atoms with Crippen molar-refractivity contribution in [2.75, 3.05) is 26.6 Å². The number of aryl methyl sites for hydroxylation is 1. The van der Waals surface area contributed by atoms with Gasteiger partial charge in [0.25, 0.3) is 0 Å². The van der Waals surface area contributed by atoms with Crippen molar-refractivity contribution in [2.45, 2.75) is 30.9 Å². The predicted molar refractivity (Wildman–Crippen MR) is 95.2 cm³/mol. The summed E-state index contributed by atoms with van der Waals surface area (Å²) in [4.78, 5) is 2.50. The Bertz CT molecular complexity index is 740. The highest BCUT2D eigenvalue weighted by atomic mass is 35.5. The maximum absolute atomic E-state index is 6.29. The van der Waals surface area contributed by atoms with Gasteiger partial charge in [-0.3, -0.25) is 4.90 Å². The van der Waals surface area contributed by atoms with Gasteiger partial charge in [0.1, 0.15) is 5.60 Å². The second kappa shape index (κ2) is 5.51. The number of nitrogens with zero attached hydrogens (tertiary/aromatic N) is 2. The van der Waals surface area contributed by atoms with Crippen LogP contribution >= 0.6 is 11.6 Å². The molecule has 2 aliphatic rings. The second-order valence-electron chi connectivity index (χ2n) is 7.27. The van der Waals surface area contributed by atoms with Crippen molar-refractivity contribution in [1.29, 1.82) is 0 Å². The first-order valence-electron chi connectivity index (χ1n) is 8.49. The molecular formula is C19H25ClN2O. The van der Waals surface area contributed by atoms with Gasteiger partial charge in [-0.2, -0.15) is 0 Å². The molecule has 1 saturated heterocycles. The smallest absolute Gasteiger partial charge is 0.109 e. The molecule has 1 unspecified atom stereocenters. The third-order valence-corrected chi connectivity index (χ3v) is 6.27. The maximum Gasteiger partial charge on any atom is 0.109 e. The van der Waals surface area contributed by atoms with Gasteiger partial charge in [0.05, 0.1) is 0 Å². The second-order valence-corrected chi connectivity index (χ2v) is 7.64. The highest BCUT2D eigenvalue weighted by molar-refractivity contribution is 6.17. The molecule has 2 aromatic rings. The Kier molecular flexibility index (Phi) is 3.71. The number of hydrogen-bond donors (Lipinski definition) is 0. The number of halogens is 1. The lowest BCUT2D eigenvalue weighted by molar-refractivity contribution is -0.125. The zero-order chi connectivity index (χ0) is 16.2. The lowest BCUT2D eigenvalue weighted by Gasteiger charge is -2.53. The number of hydrogen-bond acceptors (Lipinski definition) is 2. The third kappa shape index (κ3) is 2.10. The van der Waals surface area contributed by atoms with Gasteiger partial charge >= 0.3 is 0 Å². The Morgan fingerprint density at radius 2 is 2.17 bits per heavy atom. The van der Waals surface area contributed by atoms with Crippen molar-refractivity contribution in [3.63, 3.8) is 0 Å². The average molecular weight is 333 g/mol. The standard InChI is InChI=1S/C19H25ClN2O/c1-21-12-14-9-17-19(23-3,10-13(7-8-20)11-22(17)2)15-5-4-6-16(21)18(14)15/h4-6,12-13,17H,7-11H2,1-3H3/t13?,17-,19+/m1/s1. The summed E-state index contributed by atoms with van der Waals surface area (Å²) in [6, 6.07) is 7.07. The Hall–Kier alpha value is -1.03. The third-order valence-electron chi connectivity index (χ3n) is 6.05. The molecule has 3 atom stereocenters. The average Bonchev–Trinajstić information content (AvgIpc) is 2.87. The van der Waals surface area contributed by atoms with Gasteiger partial charge in [0.15, 0.2) is 0 Å². The molecule has 0 radical (unpaired) electrons. The van der Waals surface area contributed by atoms with Crippen LogP contribution in [-0.2, 0) is 23.8 Å². The minimum Gasteiger partial charge on any atom is -0.372 e. The molecule has 4 heteroatoms. The topological polar surface area (TPSA) is 17.4 Å². The van der Waals surface area contributed by atoms with Crippen molar-refractivity contribution in [3.8, 4) is 0 Å². The first kappa shape index (κ1) is 15.5. The molecule has 0 N–H and O–H groups in total. The van der Waals surface area contributed by atoms with Gasteiger partial charge in [0.2, 0.25) is 0 Å². The molecular weight excluding hydrogens is 308 g/mol. The van der Waals surface area contributed by atoms with E-state index in [0.717, 1.165) is 31.7 Å². The molecule has 4 rings (SSSR count). The Labute approximate surface area is 143 Å². The molecule has 1 aliphatic heterocycles. The van der Waals surface area contributed by atoms with Crippen LogP contribution in [0.5, 0.6) is 0 Å².